The predicted molar refractivity (Wildman–Crippen MR) is 115 cm³/mol. The summed E-state index contributed by atoms with van der Waals surface area (Å²) in [5, 5.41) is 7.97. The summed E-state index contributed by atoms with van der Waals surface area (Å²) in [6.45, 7) is 2.02. The zero-order valence-corrected chi connectivity index (χ0v) is 16.8. The van der Waals surface area contributed by atoms with Crippen LogP contribution < -0.4 is 4.90 Å². The van der Waals surface area contributed by atoms with Crippen molar-refractivity contribution in [3.05, 3.63) is 106 Å². The molecule has 2 heterocycles. The lowest BCUT2D eigenvalue weighted by Gasteiger charge is -2.26. The molecule has 0 radical (unpaired) electrons. The van der Waals surface area contributed by atoms with Gasteiger partial charge in [0.15, 0.2) is 0 Å². The molecule has 0 aliphatic carbocycles. The van der Waals surface area contributed by atoms with Gasteiger partial charge in [-0.2, -0.15) is 5.10 Å². The van der Waals surface area contributed by atoms with Gasteiger partial charge in [-0.05, 0) is 48.9 Å². The summed E-state index contributed by atoms with van der Waals surface area (Å²) in [7, 11) is 0. The summed E-state index contributed by atoms with van der Waals surface area (Å²) in [4.78, 5) is 15.1. The molecule has 4 nitrogen and oxygen atoms in total. The Hall–Kier alpha value is -3.44. The van der Waals surface area contributed by atoms with Gasteiger partial charge in [0.25, 0.3) is 5.91 Å². The van der Waals surface area contributed by atoms with Gasteiger partial charge in [0, 0.05) is 21.8 Å². The smallest absolute Gasteiger partial charge is 0.277 e. The Balaban J connectivity index is 1.71. The van der Waals surface area contributed by atoms with Crippen LogP contribution in [0.3, 0.4) is 0 Å². The van der Waals surface area contributed by atoms with Crippen molar-refractivity contribution in [1.29, 1.82) is 0 Å². The molecule has 1 aliphatic rings. The van der Waals surface area contributed by atoms with Crippen molar-refractivity contribution in [2.75, 3.05) is 4.90 Å². The fourth-order valence-corrected chi connectivity index (χ4v) is 4.03. The molecule has 148 valence electrons. The van der Waals surface area contributed by atoms with Gasteiger partial charge in [-0.1, -0.05) is 53.6 Å². The third kappa shape index (κ3) is 2.99. The number of nitrogens with one attached hydrogen (secondary N) is 1. The van der Waals surface area contributed by atoms with Crippen LogP contribution in [-0.4, -0.2) is 16.1 Å². The van der Waals surface area contributed by atoms with Gasteiger partial charge in [0.2, 0.25) is 0 Å². The van der Waals surface area contributed by atoms with E-state index >= 15 is 0 Å². The topological polar surface area (TPSA) is 49.0 Å². The number of H-pyrrole nitrogens is 1. The number of hydrogen-bond donors (Lipinski definition) is 1. The van der Waals surface area contributed by atoms with Crippen LogP contribution in [0.1, 0.15) is 33.2 Å². The molecule has 4 aromatic rings. The summed E-state index contributed by atoms with van der Waals surface area (Å²) in [6, 6.07) is 20.9. The van der Waals surface area contributed by atoms with Crippen LogP contribution in [0.5, 0.6) is 0 Å². The van der Waals surface area contributed by atoms with Crippen LogP contribution in [0.2, 0.25) is 5.02 Å². The van der Waals surface area contributed by atoms with E-state index in [9.17, 15) is 9.18 Å². The van der Waals surface area contributed by atoms with Crippen molar-refractivity contribution in [2.45, 2.75) is 13.0 Å². The van der Waals surface area contributed by atoms with Crippen LogP contribution in [0, 0.1) is 12.7 Å². The molecule has 0 bridgehead atoms. The maximum Gasteiger partial charge on any atom is 0.277 e. The van der Waals surface area contributed by atoms with E-state index in [2.05, 4.69) is 10.2 Å². The number of carbonyl (C=O) groups excluding carboxylic acids is 1. The van der Waals surface area contributed by atoms with Crippen molar-refractivity contribution in [3.8, 4) is 11.3 Å². The third-order valence-electron chi connectivity index (χ3n) is 5.38. The largest absolute Gasteiger partial charge is 0.295 e. The van der Waals surface area contributed by atoms with E-state index in [0.717, 1.165) is 22.3 Å². The Bertz CT molecular complexity index is 1230. The fraction of sp³-hybridized carbons (Fsp3) is 0.0833. The molecule has 0 fully saturated rings. The normalized spacial score (nSPS) is 15.5. The first-order valence-corrected chi connectivity index (χ1v) is 9.90. The Labute approximate surface area is 177 Å². The van der Waals surface area contributed by atoms with Crippen molar-refractivity contribution in [1.82, 2.24) is 10.2 Å². The van der Waals surface area contributed by atoms with Gasteiger partial charge in [0.1, 0.15) is 11.5 Å². The van der Waals surface area contributed by atoms with Crippen LogP contribution in [0.4, 0.5) is 10.1 Å². The number of aryl methyl sites for hydroxylation is 1. The van der Waals surface area contributed by atoms with Gasteiger partial charge in [-0.15, -0.1) is 0 Å². The first-order chi connectivity index (χ1) is 14.5. The van der Waals surface area contributed by atoms with Crippen molar-refractivity contribution < 1.29 is 9.18 Å². The number of hydrogen-bond acceptors (Lipinski definition) is 2. The number of fused-ring (bicyclic) bond motifs is 1. The molecular weight excluding hydrogens is 401 g/mol. The minimum Gasteiger partial charge on any atom is -0.295 e. The van der Waals surface area contributed by atoms with Gasteiger partial charge >= 0.3 is 0 Å². The molecule has 1 aliphatic heterocycles. The number of amides is 1. The summed E-state index contributed by atoms with van der Waals surface area (Å²) in [5.74, 6) is -0.514. The van der Waals surface area contributed by atoms with Crippen LogP contribution in [0.25, 0.3) is 11.3 Å². The minimum absolute atomic E-state index is 0.187. The average Bonchev–Trinajstić information content (AvgIpc) is 3.29. The van der Waals surface area contributed by atoms with Crippen LogP contribution >= 0.6 is 11.6 Å². The van der Waals surface area contributed by atoms with E-state index in [1.807, 2.05) is 43.3 Å². The molecule has 5 rings (SSSR count). The maximum atomic E-state index is 13.6. The van der Waals surface area contributed by atoms with Gasteiger partial charge in [0.05, 0.1) is 11.7 Å². The second kappa shape index (κ2) is 7.11. The fourth-order valence-electron chi connectivity index (χ4n) is 3.91. The molecular formula is C24H17ClFN3O. The highest BCUT2D eigenvalue weighted by Crippen LogP contribution is 2.45. The minimum atomic E-state index is -0.440. The molecule has 1 atom stereocenters. The lowest BCUT2D eigenvalue weighted by molar-refractivity contribution is 0.0989. The van der Waals surface area contributed by atoms with Gasteiger partial charge < -0.3 is 0 Å². The third-order valence-corrected chi connectivity index (χ3v) is 5.64. The number of carbonyl (C=O) groups is 1. The molecule has 0 unspecified atom stereocenters. The van der Waals surface area contributed by atoms with Gasteiger partial charge in [-0.3, -0.25) is 14.8 Å². The first-order valence-electron chi connectivity index (χ1n) is 9.53. The SMILES string of the molecule is Cc1ccc(-c2n[nH]c3c2[C@H](c2ccc(F)cc2)N(c2ccc(Cl)cc2)C3=O)cc1. The molecule has 0 saturated heterocycles. The van der Waals surface area contributed by atoms with Gasteiger partial charge in [-0.25, -0.2) is 4.39 Å². The van der Waals surface area contributed by atoms with E-state index < -0.39 is 6.04 Å². The molecule has 6 heteroatoms. The molecule has 30 heavy (non-hydrogen) atoms. The Morgan fingerprint density at radius 2 is 1.63 bits per heavy atom. The molecule has 3 aromatic carbocycles. The summed E-state index contributed by atoms with van der Waals surface area (Å²) in [6.07, 6.45) is 0. The molecule has 0 saturated carbocycles. The summed E-state index contributed by atoms with van der Waals surface area (Å²) >= 11 is 6.05. The quantitative estimate of drug-likeness (QED) is 0.449. The Morgan fingerprint density at radius 1 is 0.967 bits per heavy atom. The number of aromatic amines is 1. The summed E-state index contributed by atoms with van der Waals surface area (Å²) < 4.78 is 13.6. The van der Waals surface area contributed by atoms with Crippen molar-refractivity contribution in [3.63, 3.8) is 0 Å². The number of aromatic nitrogens is 2. The van der Waals surface area contributed by atoms with E-state index in [0.29, 0.717) is 22.1 Å². The summed E-state index contributed by atoms with van der Waals surface area (Å²) in [5.41, 5.74) is 5.49. The van der Waals surface area contributed by atoms with E-state index in [1.54, 1.807) is 29.2 Å². The highest BCUT2D eigenvalue weighted by Gasteiger charge is 2.43. The predicted octanol–water partition coefficient (Wildman–Crippen LogP) is 5.93. The zero-order valence-electron chi connectivity index (χ0n) is 16.1. The number of nitrogens with zero attached hydrogens (tertiary/aromatic N) is 2. The monoisotopic (exact) mass is 417 g/mol. The Kier molecular flexibility index (Phi) is 4.40. The number of anilines is 1. The standard InChI is InChI=1S/C24H17ClFN3O/c1-14-2-4-15(5-3-14)21-20-22(28-27-21)24(30)29(19-12-8-17(25)9-13-19)23(20)16-6-10-18(26)11-7-16/h2-13,23H,1H3,(H,27,28)/t23-/m0/s1. The highest BCUT2D eigenvalue weighted by atomic mass is 35.5. The Morgan fingerprint density at radius 3 is 2.30 bits per heavy atom. The number of rotatable bonds is 3. The van der Waals surface area contributed by atoms with Crippen molar-refractivity contribution in [2.24, 2.45) is 0 Å². The molecule has 1 amide bonds. The van der Waals surface area contributed by atoms with E-state index in [-0.39, 0.29) is 11.7 Å². The lowest BCUT2D eigenvalue weighted by Crippen LogP contribution is -2.29. The lowest BCUT2D eigenvalue weighted by atomic mass is 9.95. The first kappa shape index (κ1) is 18.6. The zero-order chi connectivity index (χ0) is 20.8. The maximum absolute atomic E-state index is 13.6. The van der Waals surface area contributed by atoms with Crippen LogP contribution in [-0.2, 0) is 0 Å². The number of benzene rings is 3. The van der Waals surface area contributed by atoms with E-state index in [4.69, 9.17) is 11.6 Å². The molecule has 1 aromatic heterocycles. The number of halogens is 2. The highest BCUT2D eigenvalue weighted by molar-refractivity contribution is 6.30. The van der Waals surface area contributed by atoms with Crippen LogP contribution in [0.15, 0.2) is 72.8 Å². The second-order valence-electron chi connectivity index (χ2n) is 7.33. The van der Waals surface area contributed by atoms with Crippen molar-refractivity contribution >= 4 is 23.2 Å². The molecule has 0 spiro atoms. The van der Waals surface area contributed by atoms with E-state index in [1.165, 1.54) is 12.1 Å². The molecule has 1 N–H and O–H groups in total. The second-order valence-corrected chi connectivity index (χ2v) is 7.77. The average molecular weight is 418 g/mol.